The van der Waals surface area contributed by atoms with Crippen molar-refractivity contribution >= 4 is 5.96 Å². The van der Waals surface area contributed by atoms with Crippen LogP contribution in [0.1, 0.15) is 16.8 Å². The lowest BCUT2D eigenvalue weighted by atomic mass is 10.1. The number of hydrogen-bond acceptors (Lipinski definition) is 4. The second-order valence-electron chi connectivity index (χ2n) is 6.84. The number of oxazole rings is 1. The van der Waals surface area contributed by atoms with Crippen LogP contribution in [-0.4, -0.2) is 37.0 Å². The summed E-state index contributed by atoms with van der Waals surface area (Å²) in [4.78, 5) is 11.0. The first-order valence-corrected chi connectivity index (χ1v) is 9.31. The number of aromatic nitrogens is 1. The molecule has 0 spiro atoms. The van der Waals surface area contributed by atoms with Gasteiger partial charge in [-0.2, -0.15) is 0 Å². The minimum atomic E-state index is 0.539. The molecule has 6 nitrogen and oxygen atoms in total. The van der Waals surface area contributed by atoms with Crippen molar-refractivity contribution in [3.8, 4) is 11.5 Å². The Labute approximate surface area is 166 Å². The molecular formula is C22H27N5O. The molecule has 2 aromatic carbocycles. The Morgan fingerprint density at radius 2 is 1.64 bits per heavy atom. The highest BCUT2D eigenvalue weighted by Gasteiger charge is 2.07. The van der Waals surface area contributed by atoms with E-state index in [0.717, 1.165) is 23.8 Å². The molecule has 0 atom stereocenters. The summed E-state index contributed by atoms with van der Waals surface area (Å²) in [6, 6.07) is 18.5. The molecule has 0 aliphatic carbocycles. The quantitative estimate of drug-likeness (QED) is 0.489. The minimum Gasteiger partial charge on any atom is -0.444 e. The molecule has 3 aromatic rings. The van der Waals surface area contributed by atoms with Gasteiger partial charge in [0.05, 0.1) is 12.2 Å². The summed E-state index contributed by atoms with van der Waals surface area (Å²) in [7, 11) is 5.90. The molecule has 0 unspecified atom stereocenters. The predicted octanol–water partition coefficient (Wildman–Crippen LogP) is 3.27. The Bertz CT molecular complexity index is 885. The van der Waals surface area contributed by atoms with Crippen LogP contribution in [0.4, 0.5) is 0 Å². The third-order valence-electron chi connectivity index (χ3n) is 4.21. The van der Waals surface area contributed by atoms with Gasteiger partial charge in [0.2, 0.25) is 5.89 Å². The SMILES string of the molecule is CN=C(NCc1ccc(CN(C)C)cc1)NCc1coc(-c2ccccc2)n1. The molecule has 1 heterocycles. The Hall–Kier alpha value is -3.12. The summed E-state index contributed by atoms with van der Waals surface area (Å²) in [6.45, 7) is 2.19. The van der Waals surface area contributed by atoms with Crippen LogP contribution in [0.3, 0.4) is 0 Å². The van der Waals surface area contributed by atoms with E-state index in [1.807, 2.05) is 30.3 Å². The standard InChI is InChI=1S/C22H27N5O/c1-23-22(24-13-17-9-11-18(12-10-17)15-27(2)3)25-14-20-16-28-21(26-20)19-7-5-4-6-8-19/h4-12,16H,13-15H2,1-3H3,(H2,23,24,25). The average molecular weight is 377 g/mol. The van der Waals surface area contributed by atoms with Crippen molar-refractivity contribution in [1.29, 1.82) is 0 Å². The Kier molecular flexibility index (Phi) is 6.81. The van der Waals surface area contributed by atoms with Gasteiger partial charge in [0.1, 0.15) is 6.26 Å². The molecule has 0 bridgehead atoms. The van der Waals surface area contributed by atoms with Crippen LogP contribution in [0.5, 0.6) is 0 Å². The molecule has 146 valence electrons. The van der Waals surface area contributed by atoms with Gasteiger partial charge in [0.25, 0.3) is 0 Å². The van der Waals surface area contributed by atoms with E-state index >= 15 is 0 Å². The van der Waals surface area contributed by atoms with Crippen LogP contribution in [0.2, 0.25) is 0 Å². The first-order valence-electron chi connectivity index (χ1n) is 9.31. The van der Waals surface area contributed by atoms with Crippen molar-refractivity contribution < 1.29 is 4.42 Å². The van der Waals surface area contributed by atoms with E-state index in [1.165, 1.54) is 11.1 Å². The van der Waals surface area contributed by atoms with Crippen molar-refractivity contribution in [3.05, 3.63) is 77.7 Å². The maximum absolute atomic E-state index is 5.57. The molecule has 0 amide bonds. The fraction of sp³-hybridized carbons (Fsp3) is 0.273. The van der Waals surface area contributed by atoms with E-state index < -0.39 is 0 Å². The lowest BCUT2D eigenvalue weighted by Crippen LogP contribution is -2.36. The zero-order chi connectivity index (χ0) is 19.8. The molecule has 0 saturated heterocycles. The van der Waals surface area contributed by atoms with Crippen LogP contribution >= 0.6 is 0 Å². The predicted molar refractivity (Wildman–Crippen MR) is 113 cm³/mol. The monoisotopic (exact) mass is 377 g/mol. The van der Waals surface area contributed by atoms with Crippen molar-refractivity contribution in [3.63, 3.8) is 0 Å². The molecule has 1 aromatic heterocycles. The molecular weight excluding hydrogens is 350 g/mol. The Morgan fingerprint density at radius 3 is 2.32 bits per heavy atom. The molecule has 0 aliphatic heterocycles. The maximum atomic E-state index is 5.57. The lowest BCUT2D eigenvalue weighted by Gasteiger charge is -2.12. The summed E-state index contributed by atoms with van der Waals surface area (Å²) in [5.41, 5.74) is 4.30. The van der Waals surface area contributed by atoms with Gasteiger partial charge in [-0.3, -0.25) is 4.99 Å². The van der Waals surface area contributed by atoms with Gasteiger partial charge in [0.15, 0.2) is 5.96 Å². The summed E-state index contributed by atoms with van der Waals surface area (Å²) >= 11 is 0. The van der Waals surface area contributed by atoms with E-state index in [1.54, 1.807) is 13.3 Å². The summed E-state index contributed by atoms with van der Waals surface area (Å²) in [5.74, 6) is 1.35. The fourth-order valence-electron chi connectivity index (χ4n) is 2.81. The first kappa shape index (κ1) is 19.6. The minimum absolute atomic E-state index is 0.539. The van der Waals surface area contributed by atoms with Crippen molar-refractivity contribution in [2.75, 3.05) is 21.1 Å². The Balaban J connectivity index is 1.49. The second kappa shape index (κ2) is 9.71. The number of benzene rings is 2. The Morgan fingerprint density at radius 1 is 0.964 bits per heavy atom. The first-order chi connectivity index (χ1) is 13.6. The maximum Gasteiger partial charge on any atom is 0.226 e. The topological polar surface area (TPSA) is 65.7 Å². The van der Waals surface area contributed by atoms with Crippen LogP contribution in [0.25, 0.3) is 11.5 Å². The summed E-state index contributed by atoms with van der Waals surface area (Å²) < 4.78 is 5.57. The second-order valence-corrected chi connectivity index (χ2v) is 6.84. The van der Waals surface area contributed by atoms with E-state index in [0.29, 0.717) is 19.0 Å². The van der Waals surface area contributed by atoms with Crippen molar-refractivity contribution in [2.45, 2.75) is 19.6 Å². The van der Waals surface area contributed by atoms with Gasteiger partial charge >= 0.3 is 0 Å². The van der Waals surface area contributed by atoms with Crippen LogP contribution < -0.4 is 10.6 Å². The summed E-state index contributed by atoms with van der Waals surface area (Å²) in [5, 5.41) is 6.59. The third kappa shape index (κ3) is 5.69. The normalized spacial score (nSPS) is 11.6. The van der Waals surface area contributed by atoms with Gasteiger partial charge in [0, 0.05) is 25.7 Å². The zero-order valence-corrected chi connectivity index (χ0v) is 16.6. The van der Waals surface area contributed by atoms with Crippen LogP contribution in [-0.2, 0) is 19.6 Å². The molecule has 0 saturated carbocycles. The lowest BCUT2D eigenvalue weighted by molar-refractivity contribution is 0.402. The number of guanidine groups is 1. The molecule has 3 rings (SSSR count). The highest BCUT2D eigenvalue weighted by molar-refractivity contribution is 5.79. The average Bonchev–Trinajstić information content (AvgIpc) is 3.19. The number of aliphatic imine (C=N–C) groups is 1. The highest BCUT2D eigenvalue weighted by Crippen LogP contribution is 2.17. The number of nitrogens with zero attached hydrogens (tertiary/aromatic N) is 3. The van der Waals surface area contributed by atoms with E-state index in [2.05, 4.69) is 63.9 Å². The molecule has 2 N–H and O–H groups in total. The van der Waals surface area contributed by atoms with Gasteiger partial charge in [-0.05, 0) is 37.4 Å². The van der Waals surface area contributed by atoms with E-state index in [4.69, 9.17) is 4.42 Å². The van der Waals surface area contributed by atoms with Gasteiger partial charge < -0.3 is 20.0 Å². The fourth-order valence-corrected chi connectivity index (χ4v) is 2.81. The number of hydrogen-bond donors (Lipinski definition) is 2. The molecule has 0 radical (unpaired) electrons. The largest absolute Gasteiger partial charge is 0.444 e. The van der Waals surface area contributed by atoms with Crippen LogP contribution in [0.15, 0.2) is 70.3 Å². The van der Waals surface area contributed by atoms with Gasteiger partial charge in [-0.25, -0.2) is 4.98 Å². The van der Waals surface area contributed by atoms with Gasteiger partial charge in [-0.1, -0.05) is 42.5 Å². The zero-order valence-electron chi connectivity index (χ0n) is 16.6. The molecule has 6 heteroatoms. The molecule has 0 fully saturated rings. The smallest absolute Gasteiger partial charge is 0.226 e. The highest BCUT2D eigenvalue weighted by atomic mass is 16.3. The van der Waals surface area contributed by atoms with Crippen molar-refractivity contribution in [1.82, 2.24) is 20.5 Å². The summed E-state index contributed by atoms with van der Waals surface area (Å²) in [6.07, 6.45) is 1.67. The van der Waals surface area contributed by atoms with Crippen LogP contribution in [0, 0.1) is 0 Å². The third-order valence-corrected chi connectivity index (χ3v) is 4.21. The van der Waals surface area contributed by atoms with Gasteiger partial charge in [-0.15, -0.1) is 0 Å². The molecule has 0 aliphatic rings. The van der Waals surface area contributed by atoms with Crippen molar-refractivity contribution in [2.24, 2.45) is 4.99 Å². The molecule has 28 heavy (non-hydrogen) atoms. The van der Waals surface area contributed by atoms with E-state index in [9.17, 15) is 0 Å². The number of rotatable bonds is 7. The number of nitrogens with one attached hydrogen (secondary N) is 2. The van der Waals surface area contributed by atoms with E-state index in [-0.39, 0.29) is 0 Å².